The highest BCUT2D eigenvalue weighted by atomic mass is 79.9. The largest absolute Gasteiger partial charge is 0.318 e. The molecule has 0 aliphatic heterocycles. The lowest BCUT2D eigenvalue weighted by molar-refractivity contribution is -0.119. The van der Waals surface area contributed by atoms with Crippen molar-refractivity contribution in [2.24, 2.45) is 12.8 Å². The maximum Gasteiger partial charge on any atom is 0.158 e. The lowest BCUT2D eigenvalue weighted by Crippen LogP contribution is -2.22. The van der Waals surface area contributed by atoms with Crippen molar-refractivity contribution in [3.05, 3.63) is 52.0 Å². The Balaban J connectivity index is 2.12. The van der Waals surface area contributed by atoms with Gasteiger partial charge in [-0.05, 0) is 17.7 Å². The molecule has 1 atom stereocenters. The fourth-order valence-electron chi connectivity index (χ4n) is 1.75. The first-order valence-corrected chi connectivity index (χ1v) is 6.47. The lowest BCUT2D eigenvalue weighted by atomic mass is 10.0. The number of ketones is 1. The maximum atomic E-state index is 13.0. The smallest absolute Gasteiger partial charge is 0.158 e. The van der Waals surface area contributed by atoms with Crippen LogP contribution in [0, 0.1) is 5.82 Å². The van der Waals surface area contributed by atoms with E-state index in [1.807, 2.05) is 0 Å². The van der Waals surface area contributed by atoms with Gasteiger partial charge in [0.25, 0.3) is 0 Å². The van der Waals surface area contributed by atoms with Crippen LogP contribution >= 0.6 is 15.9 Å². The van der Waals surface area contributed by atoms with Gasteiger partial charge in [-0.25, -0.2) is 4.39 Å². The minimum absolute atomic E-state index is 0.139. The molecular formula is C13H13BrFN3O. The van der Waals surface area contributed by atoms with Crippen LogP contribution in [0.5, 0.6) is 0 Å². The first-order valence-electron chi connectivity index (χ1n) is 5.68. The van der Waals surface area contributed by atoms with E-state index < -0.39 is 6.04 Å². The molecule has 1 heterocycles. The fourth-order valence-corrected chi connectivity index (χ4v) is 2.24. The summed E-state index contributed by atoms with van der Waals surface area (Å²) in [5.74, 6) is -0.486. The number of aromatic nitrogens is 2. The number of nitrogens with two attached hydrogens (primary N) is 1. The number of carbonyl (C=O) groups is 1. The molecule has 1 aromatic carbocycles. The van der Waals surface area contributed by atoms with Gasteiger partial charge in [-0.2, -0.15) is 5.10 Å². The molecule has 0 amide bonds. The number of halogens is 2. The number of carbonyl (C=O) groups excluding carboxylic acids is 1. The second-order valence-electron chi connectivity index (χ2n) is 4.30. The molecule has 0 aliphatic carbocycles. The predicted octanol–water partition coefficient (Wildman–Crippen LogP) is 2.13. The fraction of sp³-hybridized carbons (Fsp3) is 0.231. The molecule has 0 bridgehead atoms. The summed E-state index contributed by atoms with van der Waals surface area (Å²) in [6.45, 7) is 0. The van der Waals surface area contributed by atoms with E-state index in [1.54, 1.807) is 30.2 Å². The second kappa shape index (κ2) is 5.63. The molecule has 2 N–H and O–H groups in total. The molecule has 0 saturated carbocycles. The van der Waals surface area contributed by atoms with Crippen molar-refractivity contribution in [2.75, 3.05) is 0 Å². The van der Waals surface area contributed by atoms with E-state index in [2.05, 4.69) is 21.0 Å². The van der Waals surface area contributed by atoms with Crippen LogP contribution in [0.25, 0.3) is 0 Å². The molecule has 19 heavy (non-hydrogen) atoms. The zero-order valence-corrected chi connectivity index (χ0v) is 11.9. The van der Waals surface area contributed by atoms with E-state index in [9.17, 15) is 9.18 Å². The highest BCUT2D eigenvalue weighted by Crippen LogP contribution is 2.21. The summed E-state index contributed by atoms with van der Waals surface area (Å²) in [6.07, 6.45) is 3.43. The molecule has 0 aliphatic rings. The van der Waals surface area contributed by atoms with Crippen LogP contribution in [0.4, 0.5) is 4.39 Å². The zero-order valence-electron chi connectivity index (χ0n) is 10.3. The monoisotopic (exact) mass is 325 g/mol. The van der Waals surface area contributed by atoms with Crippen LogP contribution in [-0.4, -0.2) is 15.6 Å². The van der Waals surface area contributed by atoms with Gasteiger partial charge in [-0.3, -0.25) is 9.48 Å². The molecule has 0 fully saturated rings. The van der Waals surface area contributed by atoms with Crippen molar-refractivity contribution in [2.45, 2.75) is 12.5 Å². The molecule has 1 aromatic heterocycles. The van der Waals surface area contributed by atoms with Gasteiger partial charge in [0, 0.05) is 29.7 Å². The molecule has 4 nitrogen and oxygen atoms in total. The van der Waals surface area contributed by atoms with E-state index in [0.717, 1.165) is 0 Å². The maximum absolute atomic E-state index is 13.0. The van der Waals surface area contributed by atoms with Crippen LogP contribution in [0.2, 0.25) is 0 Å². The normalized spacial score (nSPS) is 12.4. The van der Waals surface area contributed by atoms with E-state index in [0.29, 0.717) is 15.6 Å². The van der Waals surface area contributed by atoms with Gasteiger partial charge in [0.05, 0.1) is 12.2 Å². The third-order valence-electron chi connectivity index (χ3n) is 2.81. The number of hydrogen-bond donors (Lipinski definition) is 1. The molecular weight excluding hydrogens is 313 g/mol. The molecule has 0 radical (unpaired) electrons. The Morgan fingerprint density at radius 1 is 1.58 bits per heavy atom. The van der Waals surface area contributed by atoms with Crippen molar-refractivity contribution in [3.8, 4) is 0 Å². The number of hydrogen-bond acceptors (Lipinski definition) is 3. The summed E-state index contributed by atoms with van der Waals surface area (Å²) < 4.78 is 15.1. The third kappa shape index (κ3) is 3.27. The minimum atomic E-state index is -0.717. The van der Waals surface area contributed by atoms with Crippen LogP contribution in [0.3, 0.4) is 0 Å². The zero-order chi connectivity index (χ0) is 14.0. The average Bonchev–Trinajstić information content (AvgIpc) is 2.78. The summed E-state index contributed by atoms with van der Waals surface area (Å²) in [6, 6.07) is 3.51. The Hall–Kier alpha value is -1.53. The lowest BCUT2D eigenvalue weighted by Gasteiger charge is -2.09. The predicted molar refractivity (Wildman–Crippen MR) is 72.9 cm³/mol. The molecule has 100 valence electrons. The molecule has 0 saturated heterocycles. The van der Waals surface area contributed by atoms with Gasteiger partial charge in [0.1, 0.15) is 5.82 Å². The van der Waals surface area contributed by atoms with Crippen LogP contribution in [0.1, 0.15) is 17.2 Å². The first kappa shape index (κ1) is 13.9. The summed E-state index contributed by atoms with van der Waals surface area (Å²) in [5.41, 5.74) is 7.27. The number of benzene rings is 1. The van der Waals surface area contributed by atoms with E-state index in [1.165, 1.54) is 12.1 Å². The van der Waals surface area contributed by atoms with Gasteiger partial charge >= 0.3 is 0 Å². The standard InChI is InChI=1S/C13H13BrFN3O/c1-18-7-9(6-17-18)13(16)12(19)4-8-2-3-10(15)5-11(8)14/h2-3,5-7,13H,4,16H2,1H3. The number of Topliss-reactive ketones (excluding diaryl/α,β-unsaturated/α-hetero) is 1. The van der Waals surface area contributed by atoms with E-state index in [4.69, 9.17) is 5.73 Å². The van der Waals surface area contributed by atoms with Gasteiger partial charge in [-0.1, -0.05) is 22.0 Å². The van der Waals surface area contributed by atoms with E-state index >= 15 is 0 Å². The van der Waals surface area contributed by atoms with Crippen LogP contribution in [0.15, 0.2) is 35.1 Å². The number of rotatable bonds is 4. The number of nitrogens with zero attached hydrogens (tertiary/aromatic N) is 2. The van der Waals surface area contributed by atoms with Gasteiger partial charge in [-0.15, -0.1) is 0 Å². The molecule has 0 spiro atoms. The van der Waals surface area contributed by atoms with Gasteiger partial charge in [0.15, 0.2) is 5.78 Å². The molecule has 1 unspecified atom stereocenters. The highest BCUT2D eigenvalue weighted by Gasteiger charge is 2.18. The van der Waals surface area contributed by atoms with Crippen molar-refractivity contribution >= 4 is 21.7 Å². The van der Waals surface area contributed by atoms with Crippen LogP contribution < -0.4 is 5.73 Å². The Morgan fingerprint density at radius 3 is 2.89 bits per heavy atom. The average molecular weight is 326 g/mol. The SMILES string of the molecule is Cn1cc(C(N)C(=O)Cc2ccc(F)cc2Br)cn1. The molecule has 2 rings (SSSR count). The Kier molecular flexibility index (Phi) is 4.11. The van der Waals surface area contributed by atoms with E-state index in [-0.39, 0.29) is 18.0 Å². The van der Waals surface area contributed by atoms with Gasteiger partial charge in [0.2, 0.25) is 0 Å². The summed E-state index contributed by atoms with van der Waals surface area (Å²) in [7, 11) is 1.76. The Labute approximate surface area is 118 Å². The Bertz CT molecular complexity index is 612. The highest BCUT2D eigenvalue weighted by molar-refractivity contribution is 9.10. The van der Waals surface area contributed by atoms with Crippen molar-refractivity contribution in [1.29, 1.82) is 0 Å². The van der Waals surface area contributed by atoms with Crippen molar-refractivity contribution < 1.29 is 9.18 Å². The molecule has 6 heteroatoms. The molecule has 2 aromatic rings. The summed E-state index contributed by atoms with van der Waals surface area (Å²) in [5, 5.41) is 3.98. The quantitative estimate of drug-likeness (QED) is 0.936. The van der Waals surface area contributed by atoms with Crippen molar-refractivity contribution in [1.82, 2.24) is 9.78 Å². The van der Waals surface area contributed by atoms with Crippen LogP contribution in [-0.2, 0) is 18.3 Å². The Morgan fingerprint density at radius 2 is 2.32 bits per heavy atom. The first-order chi connectivity index (χ1) is 8.97. The topological polar surface area (TPSA) is 60.9 Å². The summed E-state index contributed by atoms with van der Waals surface area (Å²) in [4.78, 5) is 12.1. The third-order valence-corrected chi connectivity index (χ3v) is 3.55. The second-order valence-corrected chi connectivity index (χ2v) is 5.16. The van der Waals surface area contributed by atoms with Gasteiger partial charge < -0.3 is 5.73 Å². The number of aryl methyl sites for hydroxylation is 1. The summed E-state index contributed by atoms with van der Waals surface area (Å²) >= 11 is 3.24. The minimum Gasteiger partial charge on any atom is -0.318 e. The van der Waals surface area contributed by atoms with Crippen molar-refractivity contribution in [3.63, 3.8) is 0 Å².